The first kappa shape index (κ1) is 18.6. The lowest BCUT2D eigenvalue weighted by Crippen LogP contribution is -2.33. The minimum Gasteiger partial charge on any atom is -0.313 e. The monoisotopic (exact) mass is 376 g/mol. The predicted octanol–water partition coefficient (Wildman–Crippen LogP) is 3.27. The summed E-state index contributed by atoms with van der Waals surface area (Å²) < 4.78 is 28.1. The maximum atomic E-state index is 12.4. The van der Waals surface area contributed by atoms with E-state index in [2.05, 4.69) is 32.9 Å². The van der Waals surface area contributed by atoms with Crippen LogP contribution in [0, 0.1) is 5.41 Å². The van der Waals surface area contributed by atoms with Crippen LogP contribution >= 0.6 is 15.9 Å². The van der Waals surface area contributed by atoms with Gasteiger partial charge < -0.3 is 5.32 Å². The average molecular weight is 377 g/mol. The van der Waals surface area contributed by atoms with Crippen molar-refractivity contribution in [3.05, 3.63) is 28.2 Å². The Kier molecular flexibility index (Phi) is 6.84. The molecule has 21 heavy (non-hydrogen) atoms. The molecule has 6 heteroatoms. The van der Waals surface area contributed by atoms with Crippen LogP contribution < -0.4 is 10.0 Å². The maximum absolute atomic E-state index is 12.4. The van der Waals surface area contributed by atoms with Crippen LogP contribution in [0.1, 0.15) is 39.7 Å². The fourth-order valence-corrected chi connectivity index (χ4v) is 4.00. The first-order chi connectivity index (χ1) is 9.72. The van der Waals surface area contributed by atoms with Gasteiger partial charge in [0.05, 0.1) is 4.90 Å². The van der Waals surface area contributed by atoms with Crippen LogP contribution in [0.25, 0.3) is 0 Å². The van der Waals surface area contributed by atoms with Crippen LogP contribution in [0.4, 0.5) is 0 Å². The predicted molar refractivity (Wildman–Crippen MR) is 90.8 cm³/mol. The van der Waals surface area contributed by atoms with E-state index in [0.29, 0.717) is 11.0 Å². The Hall–Kier alpha value is -0.430. The van der Waals surface area contributed by atoms with Crippen molar-refractivity contribution < 1.29 is 8.42 Å². The van der Waals surface area contributed by atoms with Crippen LogP contribution in [-0.4, -0.2) is 21.5 Å². The van der Waals surface area contributed by atoms with E-state index in [1.54, 1.807) is 6.07 Å². The molecule has 0 fully saturated rings. The molecule has 0 saturated carbocycles. The van der Waals surface area contributed by atoms with Gasteiger partial charge in [0.1, 0.15) is 0 Å². The lowest BCUT2D eigenvalue weighted by molar-refractivity contribution is 0.350. The molecule has 1 rings (SSSR count). The molecule has 0 aromatic heterocycles. The molecular formula is C15H25BrN2O2S. The van der Waals surface area contributed by atoms with Crippen molar-refractivity contribution in [1.29, 1.82) is 0 Å². The summed E-state index contributed by atoms with van der Waals surface area (Å²) >= 11 is 3.37. The van der Waals surface area contributed by atoms with Crippen LogP contribution in [0.3, 0.4) is 0 Å². The minimum absolute atomic E-state index is 0.0511. The second kappa shape index (κ2) is 7.72. The Bertz CT molecular complexity index is 571. The zero-order chi connectivity index (χ0) is 16.1. The highest BCUT2D eigenvalue weighted by Crippen LogP contribution is 2.25. The van der Waals surface area contributed by atoms with E-state index < -0.39 is 10.0 Å². The van der Waals surface area contributed by atoms with E-state index in [1.807, 2.05) is 32.9 Å². The highest BCUT2D eigenvalue weighted by Gasteiger charge is 2.22. The SMILES string of the molecule is CCNCc1ccc(S(=O)(=O)NCC(C)(C)CC)c(Br)c1. The lowest BCUT2D eigenvalue weighted by atomic mass is 9.91. The molecule has 0 aliphatic carbocycles. The molecular weight excluding hydrogens is 352 g/mol. The second-order valence-electron chi connectivity index (χ2n) is 5.89. The summed E-state index contributed by atoms with van der Waals surface area (Å²) in [7, 11) is -3.49. The lowest BCUT2D eigenvalue weighted by Gasteiger charge is -2.23. The van der Waals surface area contributed by atoms with Crippen LogP contribution in [-0.2, 0) is 16.6 Å². The molecule has 1 aromatic carbocycles. The topological polar surface area (TPSA) is 58.2 Å². The van der Waals surface area contributed by atoms with Crippen molar-refractivity contribution in [3.63, 3.8) is 0 Å². The zero-order valence-corrected chi connectivity index (χ0v) is 15.6. The van der Waals surface area contributed by atoms with Crippen molar-refractivity contribution in [3.8, 4) is 0 Å². The molecule has 1 aromatic rings. The first-order valence-corrected chi connectivity index (χ1v) is 9.48. The van der Waals surface area contributed by atoms with Crippen molar-refractivity contribution >= 4 is 26.0 Å². The fourth-order valence-electron chi connectivity index (χ4n) is 1.63. The molecule has 0 bridgehead atoms. The molecule has 0 heterocycles. The van der Waals surface area contributed by atoms with Gasteiger partial charge in [0.2, 0.25) is 10.0 Å². The van der Waals surface area contributed by atoms with Crippen molar-refractivity contribution in [2.75, 3.05) is 13.1 Å². The highest BCUT2D eigenvalue weighted by molar-refractivity contribution is 9.10. The molecule has 0 aliphatic heterocycles. The van der Waals surface area contributed by atoms with Crippen LogP contribution in [0.5, 0.6) is 0 Å². The molecule has 0 spiro atoms. The number of sulfonamides is 1. The third-order valence-corrected chi connectivity index (χ3v) is 5.94. The number of hydrogen-bond acceptors (Lipinski definition) is 3. The molecule has 0 amide bonds. The number of rotatable bonds is 8. The van der Waals surface area contributed by atoms with E-state index >= 15 is 0 Å². The van der Waals surface area contributed by atoms with Gasteiger partial charge in [-0.2, -0.15) is 0 Å². The summed E-state index contributed by atoms with van der Waals surface area (Å²) in [6.07, 6.45) is 0.915. The third-order valence-electron chi connectivity index (χ3n) is 3.56. The molecule has 4 nitrogen and oxygen atoms in total. The number of nitrogens with one attached hydrogen (secondary N) is 2. The van der Waals surface area contributed by atoms with Crippen molar-refractivity contribution in [2.45, 2.75) is 45.6 Å². The Morgan fingerprint density at radius 2 is 1.90 bits per heavy atom. The number of halogens is 1. The summed E-state index contributed by atoms with van der Waals surface area (Å²) in [6.45, 7) is 10.2. The van der Waals surface area contributed by atoms with Gasteiger partial charge in [-0.15, -0.1) is 0 Å². The van der Waals surface area contributed by atoms with Crippen LogP contribution in [0.2, 0.25) is 0 Å². The largest absolute Gasteiger partial charge is 0.313 e. The summed E-state index contributed by atoms with van der Waals surface area (Å²) in [5.74, 6) is 0. The average Bonchev–Trinajstić information content (AvgIpc) is 2.43. The van der Waals surface area contributed by atoms with Gasteiger partial charge >= 0.3 is 0 Å². The van der Waals surface area contributed by atoms with E-state index in [-0.39, 0.29) is 10.3 Å². The molecule has 0 saturated heterocycles. The van der Waals surface area contributed by atoms with Gasteiger partial charge in [0.25, 0.3) is 0 Å². The van der Waals surface area contributed by atoms with Crippen molar-refractivity contribution in [1.82, 2.24) is 10.0 Å². The van der Waals surface area contributed by atoms with Gasteiger partial charge in [-0.05, 0) is 52.0 Å². The number of hydrogen-bond donors (Lipinski definition) is 2. The van der Waals surface area contributed by atoms with E-state index in [1.165, 1.54) is 0 Å². The standard InChI is InChI=1S/C15H25BrN2O2S/c1-5-15(3,4)11-18-21(19,20)14-8-7-12(9-13(14)16)10-17-6-2/h7-9,17-18H,5-6,10-11H2,1-4H3. The normalized spacial score (nSPS) is 12.6. The first-order valence-electron chi connectivity index (χ1n) is 7.20. The third kappa shape index (κ3) is 5.70. The summed E-state index contributed by atoms with van der Waals surface area (Å²) in [5.41, 5.74) is 1.00. The summed E-state index contributed by atoms with van der Waals surface area (Å²) in [6, 6.07) is 5.34. The van der Waals surface area contributed by atoms with Crippen molar-refractivity contribution in [2.24, 2.45) is 5.41 Å². The Labute approximate surface area is 136 Å². The Morgan fingerprint density at radius 3 is 2.43 bits per heavy atom. The van der Waals surface area contributed by atoms with Crippen LogP contribution in [0.15, 0.2) is 27.6 Å². The van der Waals surface area contributed by atoms with E-state index in [9.17, 15) is 8.42 Å². The smallest absolute Gasteiger partial charge is 0.241 e. The highest BCUT2D eigenvalue weighted by atomic mass is 79.9. The summed E-state index contributed by atoms with van der Waals surface area (Å²) in [5, 5.41) is 3.22. The number of benzene rings is 1. The van der Waals surface area contributed by atoms with E-state index in [4.69, 9.17) is 0 Å². The van der Waals surface area contributed by atoms with Gasteiger partial charge in [0, 0.05) is 17.6 Å². The molecule has 0 aliphatic rings. The quantitative estimate of drug-likeness (QED) is 0.731. The molecule has 2 N–H and O–H groups in total. The zero-order valence-electron chi connectivity index (χ0n) is 13.2. The van der Waals surface area contributed by atoms with Gasteiger partial charge in [-0.3, -0.25) is 0 Å². The molecule has 0 atom stereocenters. The Balaban J connectivity index is 2.88. The second-order valence-corrected chi connectivity index (χ2v) is 8.48. The molecule has 120 valence electrons. The molecule has 0 unspecified atom stereocenters. The Morgan fingerprint density at radius 1 is 1.24 bits per heavy atom. The maximum Gasteiger partial charge on any atom is 0.241 e. The van der Waals surface area contributed by atoms with Gasteiger partial charge in [-0.1, -0.05) is 33.8 Å². The van der Waals surface area contributed by atoms with Gasteiger partial charge in [-0.25, -0.2) is 13.1 Å². The van der Waals surface area contributed by atoms with E-state index in [0.717, 1.165) is 25.1 Å². The summed E-state index contributed by atoms with van der Waals surface area (Å²) in [4.78, 5) is 0.287. The van der Waals surface area contributed by atoms with Gasteiger partial charge in [0.15, 0.2) is 0 Å². The molecule has 0 radical (unpaired) electrons. The minimum atomic E-state index is -3.49. The fraction of sp³-hybridized carbons (Fsp3) is 0.600.